The van der Waals surface area contributed by atoms with Gasteiger partial charge in [-0.05, 0) is 12.1 Å². The molecule has 1 heterocycles. The van der Waals surface area contributed by atoms with Gasteiger partial charge in [-0.1, -0.05) is 0 Å². The van der Waals surface area contributed by atoms with Gasteiger partial charge in [0.15, 0.2) is 0 Å². The van der Waals surface area contributed by atoms with Crippen LogP contribution < -0.4 is 10.6 Å². The van der Waals surface area contributed by atoms with Gasteiger partial charge in [-0.15, -0.1) is 0 Å². The lowest BCUT2D eigenvalue weighted by molar-refractivity contribution is -0.137. The van der Waals surface area contributed by atoms with Gasteiger partial charge in [0.25, 0.3) is 5.91 Å². The van der Waals surface area contributed by atoms with Crippen LogP contribution >= 0.6 is 0 Å². The van der Waals surface area contributed by atoms with Crippen LogP contribution in [-0.4, -0.2) is 40.5 Å². The van der Waals surface area contributed by atoms with E-state index >= 15 is 0 Å². The molecule has 0 bridgehead atoms. The van der Waals surface area contributed by atoms with E-state index in [1.165, 1.54) is 0 Å². The van der Waals surface area contributed by atoms with Gasteiger partial charge in [-0.3, -0.25) is 14.4 Å². The minimum Gasteiger partial charge on any atom is -0.480 e. The Morgan fingerprint density at radius 2 is 2.00 bits per heavy atom. The predicted octanol–water partition coefficient (Wildman–Crippen LogP) is -1.04. The first kappa shape index (κ1) is 12.8. The molecule has 0 radical (unpaired) electrons. The highest BCUT2D eigenvalue weighted by molar-refractivity contribution is 5.95. The van der Waals surface area contributed by atoms with Crippen LogP contribution in [0.25, 0.3) is 0 Å². The number of aryl methyl sites for hydroxylation is 1. The quantitative estimate of drug-likeness (QED) is 0.610. The Balaban J connectivity index is 2.36. The average Bonchev–Trinajstić information content (AvgIpc) is 2.69. The molecule has 0 saturated heterocycles. The molecule has 0 aliphatic carbocycles. The third kappa shape index (κ3) is 3.98. The molecule has 0 aliphatic rings. The zero-order valence-electron chi connectivity index (χ0n) is 9.27. The number of carbonyl (C=O) groups excluding carboxylic acids is 2. The van der Waals surface area contributed by atoms with Crippen molar-refractivity contribution in [1.82, 2.24) is 15.2 Å². The summed E-state index contributed by atoms with van der Waals surface area (Å²) in [5, 5.41) is 12.8. The molecule has 0 fully saturated rings. The summed E-state index contributed by atoms with van der Waals surface area (Å²) in [5.41, 5.74) is 0.427. The third-order valence-corrected chi connectivity index (χ3v) is 2.02. The summed E-state index contributed by atoms with van der Waals surface area (Å²) in [7, 11) is 1.71. The lowest BCUT2D eigenvalue weighted by Gasteiger charge is -2.06. The molecule has 0 unspecified atom stereocenters. The SMILES string of the molecule is Cn1cccc1C(=O)NCC(=O)NCC(=O)O. The molecule has 7 nitrogen and oxygen atoms in total. The number of carboxylic acid groups (broad SMARTS) is 1. The second kappa shape index (κ2) is 5.69. The first-order chi connectivity index (χ1) is 8.00. The second-order valence-electron chi connectivity index (χ2n) is 3.36. The highest BCUT2D eigenvalue weighted by Gasteiger charge is 2.10. The number of hydrogen-bond acceptors (Lipinski definition) is 3. The number of rotatable bonds is 5. The van der Waals surface area contributed by atoms with Gasteiger partial charge in [-0.25, -0.2) is 0 Å². The van der Waals surface area contributed by atoms with Crippen molar-refractivity contribution in [3.63, 3.8) is 0 Å². The van der Waals surface area contributed by atoms with Crippen molar-refractivity contribution >= 4 is 17.8 Å². The molecular formula is C10H13N3O4. The van der Waals surface area contributed by atoms with Crippen molar-refractivity contribution < 1.29 is 19.5 Å². The van der Waals surface area contributed by atoms with Crippen LogP contribution in [0.5, 0.6) is 0 Å². The molecule has 92 valence electrons. The maximum Gasteiger partial charge on any atom is 0.322 e. The fourth-order valence-electron chi connectivity index (χ4n) is 1.18. The molecule has 0 atom stereocenters. The van der Waals surface area contributed by atoms with E-state index in [1.807, 2.05) is 0 Å². The molecule has 3 N–H and O–H groups in total. The van der Waals surface area contributed by atoms with E-state index in [4.69, 9.17) is 5.11 Å². The molecule has 1 aromatic rings. The number of carboxylic acids is 1. The number of amides is 2. The normalized spacial score (nSPS) is 9.71. The van der Waals surface area contributed by atoms with Crippen molar-refractivity contribution in [2.45, 2.75) is 0 Å². The Kier molecular flexibility index (Phi) is 4.27. The van der Waals surface area contributed by atoms with Gasteiger partial charge in [0.1, 0.15) is 12.2 Å². The second-order valence-corrected chi connectivity index (χ2v) is 3.36. The number of nitrogens with one attached hydrogen (secondary N) is 2. The standard InChI is InChI=1S/C10H13N3O4/c1-13-4-2-3-7(13)10(17)12-5-8(14)11-6-9(15)16/h2-4H,5-6H2,1H3,(H,11,14)(H,12,17)(H,15,16). The largest absolute Gasteiger partial charge is 0.480 e. The number of carbonyl (C=O) groups is 3. The molecule has 1 aromatic heterocycles. The van der Waals surface area contributed by atoms with Crippen LogP contribution in [0.3, 0.4) is 0 Å². The summed E-state index contributed by atoms with van der Waals surface area (Å²) in [6.07, 6.45) is 1.71. The Morgan fingerprint density at radius 3 is 2.53 bits per heavy atom. The van der Waals surface area contributed by atoms with E-state index in [9.17, 15) is 14.4 Å². The number of aromatic nitrogens is 1. The lowest BCUT2D eigenvalue weighted by atomic mass is 10.4. The molecule has 0 aromatic carbocycles. The van der Waals surface area contributed by atoms with E-state index in [0.29, 0.717) is 5.69 Å². The maximum atomic E-state index is 11.5. The van der Waals surface area contributed by atoms with Crippen LogP contribution in [-0.2, 0) is 16.6 Å². The maximum absolute atomic E-state index is 11.5. The van der Waals surface area contributed by atoms with Gasteiger partial charge in [0.2, 0.25) is 5.91 Å². The smallest absolute Gasteiger partial charge is 0.322 e. The van der Waals surface area contributed by atoms with Crippen molar-refractivity contribution in [2.24, 2.45) is 7.05 Å². The fraction of sp³-hybridized carbons (Fsp3) is 0.300. The van der Waals surface area contributed by atoms with Crippen LogP contribution in [0.1, 0.15) is 10.5 Å². The summed E-state index contributed by atoms with van der Waals surface area (Å²) in [4.78, 5) is 32.8. The summed E-state index contributed by atoms with van der Waals surface area (Å²) >= 11 is 0. The first-order valence-electron chi connectivity index (χ1n) is 4.88. The van der Waals surface area contributed by atoms with Gasteiger partial charge in [0, 0.05) is 13.2 Å². The zero-order valence-corrected chi connectivity index (χ0v) is 9.27. The summed E-state index contributed by atoms with van der Waals surface area (Å²) in [6.45, 7) is -0.712. The molecule has 7 heteroatoms. The minimum atomic E-state index is -1.13. The summed E-state index contributed by atoms with van der Waals surface area (Å²) < 4.78 is 1.62. The average molecular weight is 239 g/mol. The fourth-order valence-corrected chi connectivity index (χ4v) is 1.18. The van der Waals surface area contributed by atoms with Gasteiger partial charge in [-0.2, -0.15) is 0 Å². The van der Waals surface area contributed by atoms with Crippen LogP contribution in [0.4, 0.5) is 0 Å². The van der Waals surface area contributed by atoms with E-state index in [2.05, 4.69) is 10.6 Å². The number of hydrogen-bond donors (Lipinski definition) is 3. The molecule has 2 amide bonds. The van der Waals surface area contributed by atoms with Crippen molar-refractivity contribution in [1.29, 1.82) is 0 Å². The molecule has 1 rings (SSSR count). The van der Waals surface area contributed by atoms with E-state index in [-0.39, 0.29) is 12.5 Å². The third-order valence-electron chi connectivity index (χ3n) is 2.02. The van der Waals surface area contributed by atoms with Crippen molar-refractivity contribution in [2.75, 3.05) is 13.1 Å². The van der Waals surface area contributed by atoms with Crippen LogP contribution in [0.2, 0.25) is 0 Å². The summed E-state index contributed by atoms with van der Waals surface area (Å²) in [6, 6.07) is 3.32. The highest BCUT2D eigenvalue weighted by atomic mass is 16.4. The molecule has 0 aliphatic heterocycles. The first-order valence-corrected chi connectivity index (χ1v) is 4.88. The van der Waals surface area contributed by atoms with Crippen LogP contribution in [0, 0.1) is 0 Å². The van der Waals surface area contributed by atoms with Crippen molar-refractivity contribution in [3.8, 4) is 0 Å². The number of nitrogens with zero attached hydrogens (tertiary/aromatic N) is 1. The highest BCUT2D eigenvalue weighted by Crippen LogP contribution is 1.98. The number of aliphatic carboxylic acids is 1. The van der Waals surface area contributed by atoms with E-state index < -0.39 is 18.4 Å². The summed E-state index contributed by atoms with van der Waals surface area (Å²) in [5.74, 6) is -2.06. The van der Waals surface area contributed by atoms with Crippen LogP contribution in [0.15, 0.2) is 18.3 Å². The Hall–Kier alpha value is -2.31. The van der Waals surface area contributed by atoms with E-state index in [0.717, 1.165) is 0 Å². The predicted molar refractivity (Wildman–Crippen MR) is 58.4 cm³/mol. The van der Waals surface area contributed by atoms with E-state index in [1.54, 1.807) is 29.9 Å². The van der Waals surface area contributed by atoms with Crippen molar-refractivity contribution in [3.05, 3.63) is 24.0 Å². The monoisotopic (exact) mass is 239 g/mol. The lowest BCUT2D eigenvalue weighted by Crippen LogP contribution is -2.39. The van der Waals surface area contributed by atoms with Gasteiger partial charge in [0.05, 0.1) is 6.54 Å². The molecule has 0 spiro atoms. The molecule has 17 heavy (non-hydrogen) atoms. The molecule has 0 saturated carbocycles. The zero-order chi connectivity index (χ0) is 12.8. The topological polar surface area (TPSA) is 100 Å². The minimum absolute atomic E-state index is 0.253. The Labute approximate surface area is 97.4 Å². The van der Waals surface area contributed by atoms with Gasteiger partial charge >= 0.3 is 5.97 Å². The Bertz CT molecular complexity index is 439. The van der Waals surface area contributed by atoms with Gasteiger partial charge < -0.3 is 20.3 Å². The molecular weight excluding hydrogens is 226 g/mol. The Morgan fingerprint density at radius 1 is 1.29 bits per heavy atom.